The van der Waals surface area contributed by atoms with E-state index in [1.807, 2.05) is 12.1 Å². The molecule has 1 N–H and O–H groups in total. The highest BCUT2D eigenvalue weighted by molar-refractivity contribution is 5.86. The molecule has 0 bridgehead atoms. The first-order valence-corrected chi connectivity index (χ1v) is 9.42. The summed E-state index contributed by atoms with van der Waals surface area (Å²) >= 11 is 0. The Morgan fingerprint density at radius 3 is 2.17 bits per heavy atom. The first-order valence-electron chi connectivity index (χ1n) is 9.42. The number of phenolic OH excluding ortho intramolecular Hbond substituents is 1. The zero-order valence-electron chi connectivity index (χ0n) is 14.6. The van der Waals surface area contributed by atoms with Gasteiger partial charge < -0.3 is 5.11 Å². The number of aromatic nitrogens is 1. The molecule has 1 aromatic carbocycles. The molecule has 1 heterocycles. The predicted octanol–water partition coefficient (Wildman–Crippen LogP) is 5.75. The van der Waals surface area contributed by atoms with Crippen molar-refractivity contribution in [1.82, 2.24) is 0 Å². The van der Waals surface area contributed by atoms with Gasteiger partial charge in [-0.25, -0.2) is 4.57 Å². The Balaban J connectivity index is 1.60. The molecule has 0 fully saturated rings. The van der Waals surface area contributed by atoms with Crippen molar-refractivity contribution in [2.24, 2.45) is 0 Å². The van der Waals surface area contributed by atoms with Crippen molar-refractivity contribution in [3.63, 3.8) is 0 Å². The number of hydrogen-bond donors (Lipinski definition) is 1. The zero-order valence-corrected chi connectivity index (χ0v) is 14.6. The summed E-state index contributed by atoms with van der Waals surface area (Å²) in [4.78, 5) is 0. The Bertz CT molecular complexity index is 579. The maximum absolute atomic E-state index is 9.82. The largest absolute Gasteiger partial charge is 0.507 e. The molecule has 23 heavy (non-hydrogen) atoms. The van der Waals surface area contributed by atoms with Crippen molar-refractivity contribution in [1.29, 1.82) is 0 Å². The third-order valence-corrected chi connectivity index (χ3v) is 4.62. The van der Waals surface area contributed by atoms with Crippen LogP contribution in [0.15, 0.2) is 36.7 Å². The Morgan fingerprint density at radius 1 is 0.826 bits per heavy atom. The third kappa shape index (κ3) is 6.21. The van der Waals surface area contributed by atoms with E-state index in [1.165, 1.54) is 64.2 Å². The summed E-state index contributed by atoms with van der Waals surface area (Å²) in [6.45, 7) is 3.35. The van der Waals surface area contributed by atoms with Gasteiger partial charge in [0.05, 0.1) is 0 Å². The van der Waals surface area contributed by atoms with Gasteiger partial charge in [0.1, 0.15) is 12.3 Å². The summed E-state index contributed by atoms with van der Waals surface area (Å²) in [5, 5.41) is 11.9. The molecular formula is C21H32NO+. The van der Waals surface area contributed by atoms with E-state index >= 15 is 0 Å². The number of unbranched alkanes of at least 4 members (excludes halogenated alkanes) is 9. The highest BCUT2D eigenvalue weighted by Crippen LogP contribution is 2.22. The fourth-order valence-electron chi connectivity index (χ4n) is 3.18. The number of fused-ring (bicyclic) bond motifs is 1. The number of rotatable bonds is 11. The van der Waals surface area contributed by atoms with Crippen LogP contribution in [0.25, 0.3) is 10.8 Å². The molecule has 0 spiro atoms. The lowest BCUT2D eigenvalue weighted by Crippen LogP contribution is -2.32. The molecular weight excluding hydrogens is 282 g/mol. The van der Waals surface area contributed by atoms with Crippen LogP contribution in [0.3, 0.4) is 0 Å². The van der Waals surface area contributed by atoms with Crippen LogP contribution in [-0.2, 0) is 6.54 Å². The van der Waals surface area contributed by atoms with Crippen LogP contribution in [0.5, 0.6) is 5.75 Å². The molecule has 0 aliphatic rings. The van der Waals surface area contributed by atoms with Crippen LogP contribution in [0.2, 0.25) is 0 Å². The van der Waals surface area contributed by atoms with Crippen LogP contribution < -0.4 is 4.57 Å². The van der Waals surface area contributed by atoms with Crippen LogP contribution >= 0.6 is 0 Å². The van der Waals surface area contributed by atoms with E-state index in [4.69, 9.17) is 0 Å². The Labute approximate surface area is 141 Å². The summed E-state index contributed by atoms with van der Waals surface area (Å²) in [5.41, 5.74) is 0. The van der Waals surface area contributed by atoms with Gasteiger partial charge in [-0.05, 0) is 18.6 Å². The van der Waals surface area contributed by atoms with Crippen molar-refractivity contribution < 1.29 is 9.67 Å². The number of phenols is 1. The van der Waals surface area contributed by atoms with E-state index in [0.717, 1.165) is 17.3 Å². The summed E-state index contributed by atoms with van der Waals surface area (Å²) in [5.74, 6) is 0.369. The minimum Gasteiger partial charge on any atom is -0.507 e. The number of aromatic hydroxyl groups is 1. The first-order chi connectivity index (χ1) is 11.3. The van der Waals surface area contributed by atoms with E-state index in [2.05, 4.69) is 30.0 Å². The van der Waals surface area contributed by atoms with E-state index in [-0.39, 0.29) is 0 Å². The van der Waals surface area contributed by atoms with E-state index < -0.39 is 0 Å². The van der Waals surface area contributed by atoms with Gasteiger partial charge in [0.15, 0.2) is 12.4 Å². The van der Waals surface area contributed by atoms with Crippen LogP contribution in [0.1, 0.15) is 71.1 Å². The molecule has 1 aromatic heterocycles. The second-order valence-electron chi connectivity index (χ2n) is 6.64. The Hall–Kier alpha value is -1.57. The summed E-state index contributed by atoms with van der Waals surface area (Å²) in [6, 6.07) is 7.72. The zero-order chi connectivity index (χ0) is 16.3. The fourth-order valence-corrected chi connectivity index (χ4v) is 3.18. The standard InChI is InChI=1S/C21H31NO/c1-2-3-4-5-6-7-8-9-10-11-16-22-17-15-20-19(18-22)13-12-14-21(20)23/h12-15,17-18H,2-11,16H2,1H3/p+1. The molecule has 0 saturated heterocycles. The quantitative estimate of drug-likeness (QED) is 0.414. The molecule has 0 unspecified atom stereocenters. The highest BCUT2D eigenvalue weighted by Gasteiger charge is 2.05. The van der Waals surface area contributed by atoms with Crippen molar-refractivity contribution in [3.05, 3.63) is 36.7 Å². The average molecular weight is 314 g/mol. The Kier molecular flexibility index (Phi) is 7.92. The van der Waals surface area contributed by atoms with Crippen molar-refractivity contribution >= 4 is 10.8 Å². The summed E-state index contributed by atoms with van der Waals surface area (Å²) in [6.07, 6.45) is 18.0. The summed E-state index contributed by atoms with van der Waals surface area (Å²) < 4.78 is 2.24. The lowest BCUT2D eigenvalue weighted by Gasteiger charge is -2.02. The number of benzene rings is 1. The summed E-state index contributed by atoms with van der Waals surface area (Å²) in [7, 11) is 0. The van der Waals surface area contributed by atoms with E-state index in [0.29, 0.717) is 5.75 Å². The molecule has 0 radical (unpaired) electrons. The fraction of sp³-hybridized carbons (Fsp3) is 0.571. The van der Waals surface area contributed by atoms with Gasteiger partial charge in [0.2, 0.25) is 0 Å². The number of nitrogens with zero attached hydrogens (tertiary/aromatic N) is 1. The van der Waals surface area contributed by atoms with Crippen LogP contribution in [-0.4, -0.2) is 5.11 Å². The molecule has 0 saturated carbocycles. The van der Waals surface area contributed by atoms with E-state index in [9.17, 15) is 5.11 Å². The van der Waals surface area contributed by atoms with Gasteiger partial charge in [0.25, 0.3) is 0 Å². The molecule has 0 atom stereocenters. The number of aryl methyl sites for hydroxylation is 1. The molecule has 0 amide bonds. The van der Waals surface area contributed by atoms with Crippen molar-refractivity contribution in [2.45, 2.75) is 77.7 Å². The maximum Gasteiger partial charge on any atom is 0.176 e. The minimum absolute atomic E-state index is 0.369. The smallest absolute Gasteiger partial charge is 0.176 e. The lowest BCUT2D eigenvalue weighted by atomic mass is 10.1. The Morgan fingerprint density at radius 2 is 1.48 bits per heavy atom. The molecule has 2 aromatic rings. The maximum atomic E-state index is 9.82. The average Bonchev–Trinajstić information content (AvgIpc) is 2.57. The number of pyridine rings is 1. The number of hydrogen-bond acceptors (Lipinski definition) is 1. The molecule has 126 valence electrons. The van der Waals surface area contributed by atoms with Gasteiger partial charge in [-0.15, -0.1) is 0 Å². The van der Waals surface area contributed by atoms with Gasteiger partial charge in [0, 0.05) is 23.3 Å². The normalized spacial score (nSPS) is 11.2. The van der Waals surface area contributed by atoms with Crippen molar-refractivity contribution in [2.75, 3.05) is 0 Å². The second-order valence-corrected chi connectivity index (χ2v) is 6.64. The second kappa shape index (κ2) is 10.3. The van der Waals surface area contributed by atoms with Gasteiger partial charge in [-0.2, -0.15) is 0 Å². The first kappa shape index (κ1) is 17.8. The topological polar surface area (TPSA) is 24.1 Å². The van der Waals surface area contributed by atoms with Gasteiger partial charge in [-0.1, -0.05) is 64.4 Å². The van der Waals surface area contributed by atoms with Crippen LogP contribution in [0.4, 0.5) is 0 Å². The molecule has 2 heteroatoms. The molecule has 2 nitrogen and oxygen atoms in total. The highest BCUT2D eigenvalue weighted by atomic mass is 16.3. The molecule has 0 aliphatic carbocycles. The van der Waals surface area contributed by atoms with Gasteiger partial charge in [-0.3, -0.25) is 0 Å². The third-order valence-electron chi connectivity index (χ3n) is 4.62. The van der Waals surface area contributed by atoms with Crippen molar-refractivity contribution in [3.8, 4) is 5.75 Å². The lowest BCUT2D eigenvalue weighted by molar-refractivity contribution is -0.696. The molecule has 0 aliphatic heterocycles. The predicted molar refractivity (Wildman–Crippen MR) is 97.7 cm³/mol. The SMILES string of the molecule is CCCCCCCCCCCC[n+]1ccc2c(O)cccc2c1. The van der Waals surface area contributed by atoms with Crippen LogP contribution in [0, 0.1) is 0 Å². The monoisotopic (exact) mass is 314 g/mol. The molecule has 2 rings (SSSR count). The van der Waals surface area contributed by atoms with E-state index in [1.54, 1.807) is 6.07 Å². The minimum atomic E-state index is 0.369. The van der Waals surface area contributed by atoms with Gasteiger partial charge >= 0.3 is 0 Å².